The van der Waals surface area contributed by atoms with Gasteiger partial charge in [-0.15, -0.1) is 0 Å². The number of aromatic nitrogens is 2. The molecule has 0 atom stereocenters. The lowest BCUT2D eigenvalue weighted by molar-refractivity contribution is -0.131. The highest BCUT2D eigenvalue weighted by Gasteiger charge is 2.18. The fraction of sp³-hybridized carbons (Fsp3) is 0.692. The third-order valence-corrected chi connectivity index (χ3v) is 3.63. The molecule has 2 rings (SSSR count). The predicted molar refractivity (Wildman–Crippen MR) is 70.9 cm³/mol. The van der Waals surface area contributed by atoms with Crippen molar-refractivity contribution in [2.75, 3.05) is 19.3 Å². The molecule has 1 aromatic heterocycles. The van der Waals surface area contributed by atoms with Crippen molar-refractivity contribution in [2.45, 2.75) is 38.6 Å². The fourth-order valence-electron chi connectivity index (χ4n) is 2.58. The van der Waals surface area contributed by atoms with Gasteiger partial charge in [0.05, 0.1) is 11.9 Å². The van der Waals surface area contributed by atoms with E-state index in [1.54, 1.807) is 17.1 Å². The highest BCUT2D eigenvalue weighted by Crippen LogP contribution is 2.24. The molecule has 18 heavy (non-hydrogen) atoms. The first kappa shape index (κ1) is 12.9. The Balaban J connectivity index is 1.80. The Kier molecular flexibility index (Phi) is 4.23. The van der Waals surface area contributed by atoms with Crippen LogP contribution in [0.4, 0.5) is 5.69 Å². The van der Waals surface area contributed by atoms with E-state index in [1.807, 2.05) is 11.9 Å². The minimum atomic E-state index is 0.101. The second-order valence-corrected chi connectivity index (χ2v) is 5.25. The zero-order chi connectivity index (χ0) is 13.0. The maximum Gasteiger partial charge on any atom is 0.244 e. The predicted octanol–water partition coefficient (Wildman–Crippen LogP) is 1.50. The minimum absolute atomic E-state index is 0.101. The molecule has 1 aromatic rings. The number of carbonyl (C=O) groups excluding carboxylic acids is 1. The average molecular weight is 250 g/mol. The average Bonchev–Trinajstić information content (AvgIpc) is 2.76. The Morgan fingerprint density at radius 3 is 2.83 bits per heavy atom. The van der Waals surface area contributed by atoms with Crippen molar-refractivity contribution in [3.63, 3.8) is 0 Å². The van der Waals surface area contributed by atoms with Crippen LogP contribution >= 0.6 is 0 Å². The quantitative estimate of drug-likeness (QED) is 0.880. The van der Waals surface area contributed by atoms with Gasteiger partial charge < -0.3 is 10.6 Å². The summed E-state index contributed by atoms with van der Waals surface area (Å²) >= 11 is 0. The van der Waals surface area contributed by atoms with E-state index in [4.69, 9.17) is 5.73 Å². The normalized spacial score (nSPS) is 16.7. The molecule has 0 spiro atoms. The molecule has 0 radical (unpaired) electrons. The van der Waals surface area contributed by atoms with Gasteiger partial charge in [-0.3, -0.25) is 9.48 Å². The smallest absolute Gasteiger partial charge is 0.244 e. The molecule has 1 saturated carbocycles. The molecule has 0 bridgehead atoms. The summed E-state index contributed by atoms with van der Waals surface area (Å²) in [6.07, 6.45) is 9.73. The lowest BCUT2D eigenvalue weighted by Gasteiger charge is -2.27. The first-order chi connectivity index (χ1) is 8.65. The molecule has 5 nitrogen and oxygen atoms in total. The molecule has 0 aliphatic heterocycles. The number of hydrogen-bond donors (Lipinski definition) is 1. The number of nitrogen functional groups attached to an aromatic ring is 1. The molecule has 1 aliphatic carbocycles. The molecule has 1 fully saturated rings. The molecular weight excluding hydrogens is 228 g/mol. The summed E-state index contributed by atoms with van der Waals surface area (Å²) in [6, 6.07) is 0. The van der Waals surface area contributed by atoms with Gasteiger partial charge in [0, 0.05) is 19.8 Å². The van der Waals surface area contributed by atoms with E-state index in [1.165, 1.54) is 32.1 Å². The van der Waals surface area contributed by atoms with Crippen molar-refractivity contribution in [3.05, 3.63) is 12.4 Å². The number of nitrogens with zero attached hydrogens (tertiary/aromatic N) is 3. The van der Waals surface area contributed by atoms with Crippen LogP contribution in [0.5, 0.6) is 0 Å². The zero-order valence-corrected chi connectivity index (χ0v) is 11.0. The van der Waals surface area contributed by atoms with Crippen LogP contribution in [0.25, 0.3) is 0 Å². The van der Waals surface area contributed by atoms with Gasteiger partial charge in [0.1, 0.15) is 6.54 Å². The largest absolute Gasteiger partial charge is 0.396 e. The number of likely N-dealkylation sites (N-methyl/N-ethyl adjacent to an activating group) is 1. The number of carbonyl (C=O) groups is 1. The van der Waals surface area contributed by atoms with Crippen LogP contribution < -0.4 is 5.73 Å². The Labute approximate surface area is 108 Å². The van der Waals surface area contributed by atoms with Crippen molar-refractivity contribution in [1.29, 1.82) is 0 Å². The number of rotatable bonds is 4. The van der Waals surface area contributed by atoms with Crippen LogP contribution in [0, 0.1) is 5.92 Å². The second-order valence-electron chi connectivity index (χ2n) is 5.25. The third kappa shape index (κ3) is 3.48. The Morgan fingerprint density at radius 1 is 1.50 bits per heavy atom. The van der Waals surface area contributed by atoms with Gasteiger partial charge >= 0.3 is 0 Å². The van der Waals surface area contributed by atoms with E-state index in [9.17, 15) is 4.79 Å². The summed E-state index contributed by atoms with van der Waals surface area (Å²) in [5, 5.41) is 4.03. The first-order valence-corrected chi connectivity index (χ1v) is 6.67. The highest BCUT2D eigenvalue weighted by molar-refractivity contribution is 5.75. The number of nitrogens with two attached hydrogens (primary N) is 1. The van der Waals surface area contributed by atoms with Crippen LogP contribution in [-0.2, 0) is 11.3 Å². The molecule has 1 aliphatic rings. The van der Waals surface area contributed by atoms with Gasteiger partial charge in [-0.05, 0) is 18.8 Å². The Hall–Kier alpha value is -1.52. The van der Waals surface area contributed by atoms with Crippen LogP contribution in [0.1, 0.15) is 32.1 Å². The molecule has 100 valence electrons. The van der Waals surface area contributed by atoms with Gasteiger partial charge in [0.2, 0.25) is 5.91 Å². The molecule has 0 saturated heterocycles. The van der Waals surface area contributed by atoms with E-state index in [2.05, 4.69) is 5.10 Å². The summed E-state index contributed by atoms with van der Waals surface area (Å²) in [4.78, 5) is 13.8. The second kappa shape index (κ2) is 5.89. The molecular formula is C13H22N4O. The molecule has 5 heteroatoms. The van der Waals surface area contributed by atoms with Crippen molar-refractivity contribution in [3.8, 4) is 0 Å². The van der Waals surface area contributed by atoms with Crippen molar-refractivity contribution >= 4 is 11.6 Å². The zero-order valence-electron chi connectivity index (χ0n) is 11.0. The van der Waals surface area contributed by atoms with E-state index in [0.717, 1.165) is 6.54 Å². The standard InChI is InChI=1S/C13H22N4O/c1-16(8-11-5-3-2-4-6-11)13(18)10-17-9-12(14)7-15-17/h7,9,11H,2-6,8,10,14H2,1H3. The Bertz CT molecular complexity index is 395. The van der Waals surface area contributed by atoms with Crippen LogP contribution in [0.2, 0.25) is 0 Å². The monoisotopic (exact) mass is 250 g/mol. The summed E-state index contributed by atoms with van der Waals surface area (Å²) in [6.45, 7) is 1.15. The maximum absolute atomic E-state index is 12.0. The van der Waals surface area contributed by atoms with E-state index in [-0.39, 0.29) is 12.5 Å². The lowest BCUT2D eigenvalue weighted by atomic mass is 9.89. The Morgan fingerprint density at radius 2 is 2.22 bits per heavy atom. The summed E-state index contributed by atoms with van der Waals surface area (Å²) in [5.74, 6) is 0.777. The summed E-state index contributed by atoms with van der Waals surface area (Å²) in [7, 11) is 1.88. The lowest BCUT2D eigenvalue weighted by Crippen LogP contribution is -2.35. The van der Waals surface area contributed by atoms with Gasteiger partial charge in [0.15, 0.2) is 0 Å². The van der Waals surface area contributed by atoms with Crippen LogP contribution in [0.15, 0.2) is 12.4 Å². The summed E-state index contributed by atoms with van der Waals surface area (Å²) in [5.41, 5.74) is 6.17. The van der Waals surface area contributed by atoms with Gasteiger partial charge in [0.25, 0.3) is 0 Å². The molecule has 0 aromatic carbocycles. The third-order valence-electron chi connectivity index (χ3n) is 3.63. The first-order valence-electron chi connectivity index (χ1n) is 6.67. The van der Waals surface area contributed by atoms with E-state index in [0.29, 0.717) is 11.6 Å². The van der Waals surface area contributed by atoms with Crippen LogP contribution in [0.3, 0.4) is 0 Å². The molecule has 0 unspecified atom stereocenters. The number of anilines is 1. The maximum atomic E-state index is 12.0. The number of hydrogen-bond acceptors (Lipinski definition) is 3. The van der Waals surface area contributed by atoms with E-state index >= 15 is 0 Å². The summed E-state index contributed by atoms with van der Waals surface area (Å²) < 4.78 is 1.59. The van der Waals surface area contributed by atoms with Crippen molar-refractivity contribution < 1.29 is 4.79 Å². The van der Waals surface area contributed by atoms with Crippen LogP contribution in [-0.4, -0.2) is 34.2 Å². The topological polar surface area (TPSA) is 64.2 Å². The van der Waals surface area contributed by atoms with Crippen molar-refractivity contribution in [2.24, 2.45) is 5.92 Å². The fourth-order valence-corrected chi connectivity index (χ4v) is 2.58. The molecule has 1 amide bonds. The van der Waals surface area contributed by atoms with Gasteiger partial charge in [-0.2, -0.15) is 5.10 Å². The molecule has 2 N–H and O–H groups in total. The SMILES string of the molecule is CN(CC1CCCCC1)C(=O)Cn1cc(N)cn1. The van der Waals surface area contributed by atoms with E-state index < -0.39 is 0 Å². The highest BCUT2D eigenvalue weighted by atomic mass is 16.2. The van der Waals surface area contributed by atoms with Gasteiger partial charge in [-0.1, -0.05) is 19.3 Å². The minimum Gasteiger partial charge on any atom is -0.396 e. The van der Waals surface area contributed by atoms with Gasteiger partial charge in [-0.25, -0.2) is 0 Å². The van der Waals surface area contributed by atoms with Crippen molar-refractivity contribution in [1.82, 2.24) is 14.7 Å². The molecule has 1 heterocycles. The number of amides is 1.